The fourth-order valence-electron chi connectivity index (χ4n) is 6.13. The summed E-state index contributed by atoms with van der Waals surface area (Å²) in [6, 6.07) is 18.0. The summed E-state index contributed by atoms with van der Waals surface area (Å²) in [4.78, 5) is 39.7. The highest BCUT2D eigenvalue weighted by molar-refractivity contribution is 5.96. The van der Waals surface area contributed by atoms with Crippen LogP contribution < -0.4 is 10.1 Å². The minimum atomic E-state index is -0.238. The number of benzene rings is 2. The van der Waals surface area contributed by atoms with Crippen molar-refractivity contribution in [1.82, 2.24) is 25.1 Å². The monoisotopic (exact) mass is 541 g/mol. The van der Waals surface area contributed by atoms with E-state index in [0.29, 0.717) is 29.4 Å². The number of carbonyl (C=O) groups is 2. The average molecular weight is 542 g/mol. The number of aryl methyl sites for hydroxylation is 2. The normalized spacial score (nSPS) is 17.7. The van der Waals surface area contributed by atoms with E-state index in [-0.39, 0.29) is 17.4 Å². The largest absolute Gasteiger partial charge is 0.497 e. The fourth-order valence-corrected chi connectivity index (χ4v) is 6.13. The Labute approximate surface area is 236 Å². The van der Waals surface area contributed by atoms with Crippen LogP contribution in [0.1, 0.15) is 64.6 Å². The molecule has 3 heterocycles. The number of methoxy groups -OCH3 is 1. The minimum absolute atomic E-state index is 0.128. The molecular formula is C32H39N5O3. The molecule has 1 N–H and O–H groups in total. The van der Waals surface area contributed by atoms with Crippen molar-refractivity contribution in [2.45, 2.75) is 52.1 Å². The van der Waals surface area contributed by atoms with Crippen molar-refractivity contribution in [3.05, 3.63) is 89.0 Å². The molecule has 2 aromatic carbocycles. The lowest BCUT2D eigenvalue weighted by molar-refractivity contribution is -0.138. The highest BCUT2D eigenvalue weighted by atomic mass is 16.5. The van der Waals surface area contributed by atoms with Crippen molar-refractivity contribution in [1.29, 1.82) is 0 Å². The molecule has 8 nitrogen and oxygen atoms in total. The molecule has 2 fully saturated rings. The number of hydrogen-bond acceptors (Lipinski definition) is 6. The Bertz CT molecular complexity index is 1300. The van der Waals surface area contributed by atoms with Gasteiger partial charge >= 0.3 is 0 Å². The van der Waals surface area contributed by atoms with E-state index in [9.17, 15) is 9.59 Å². The van der Waals surface area contributed by atoms with Gasteiger partial charge in [0.05, 0.1) is 35.5 Å². The van der Waals surface area contributed by atoms with Crippen LogP contribution in [-0.4, -0.2) is 64.9 Å². The van der Waals surface area contributed by atoms with Crippen molar-refractivity contribution < 1.29 is 14.3 Å². The Morgan fingerprint density at radius 3 is 2.27 bits per heavy atom. The van der Waals surface area contributed by atoms with Crippen LogP contribution >= 0.6 is 0 Å². The van der Waals surface area contributed by atoms with Gasteiger partial charge in [-0.05, 0) is 75.9 Å². The zero-order valence-electron chi connectivity index (χ0n) is 23.7. The third kappa shape index (κ3) is 6.02. The van der Waals surface area contributed by atoms with E-state index in [1.807, 2.05) is 61.2 Å². The number of carbonyl (C=O) groups excluding carboxylic acids is 2. The molecule has 0 aliphatic carbocycles. The first-order valence-corrected chi connectivity index (χ1v) is 14.2. The van der Waals surface area contributed by atoms with E-state index in [2.05, 4.69) is 32.3 Å². The smallest absolute Gasteiger partial charge is 0.255 e. The summed E-state index contributed by atoms with van der Waals surface area (Å²) in [6.45, 7) is 7.78. The van der Waals surface area contributed by atoms with E-state index in [1.165, 1.54) is 6.33 Å². The molecule has 2 aliphatic rings. The molecule has 3 aromatic rings. The predicted octanol–water partition coefficient (Wildman–Crippen LogP) is 4.48. The van der Waals surface area contributed by atoms with E-state index in [0.717, 1.165) is 68.7 Å². The number of nitrogens with one attached hydrogen (secondary N) is 1. The second-order valence-corrected chi connectivity index (χ2v) is 11.1. The van der Waals surface area contributed by atoms with E-state index in [4.69, 9.17) is 4.74 Å². The molecule has 0 radical (unpaired) electrons. The highest BCUT2D eigenvalue weighted by Gasteiger charge is 2.47. The maximum Gasteiger partial charge on any atom is 0.255 e. The van der Waals surface area contributed by atoms with Gasteiger partial charge in [-0.25, -0.2) is 9.97 Å². The molecule has 5 rings (SSSR count). The zero-order chi connectivity index (χ0) is 28.1. The van der Waals surface area contributed by atoms with Crippen LogP contribution in [0.2, 0.25) is 0 Å². The van der Waals surface area contributed by atoms with E-state index in [1.54, 1.807) is 7.11 Å². The van der Waals surface area contributed by atoms with Crippen molar-refractivity contribution in [2.24, 2.45) is 5.41 Å². The molecule has 2 saturated heterocycles. The molecule has 2 aliphatic heterocycles. The quantitative estimate of drug-likeness (QED) is 0.430. The van der Waals surface area contributed by atoms with Crippen LogP contribution in [0.15, 0.2) is 60.9 Å². The Morgan fingerprint density at radius 1 is 0.975 bits per heavy atom. The van der Waals surface area contributed by atoms with Gasteiger partial charge < -0.3 is 19.9 Å². The van der Waals surface area contributed by atoms with Gasteiger partial charge in [-0.2, -0.15) is 0 Å². The minimum Gasteiger partial charge on any atom is -0.497 e. The molecule has 0 bridgehead atoms. The van der Waals surface area contributed by atoms with Gasteiger partial charge in [0, 0.05) is 19.6 Å². The third-order valence-electron chi connectivity index (χ3n) is 8.64. The van der Waals surface area contributed by atoms with Crippen LogP contribution in [0.4, 0.5) is 0 Å². The molecule has 2 amide bonds. The Balaban J connectivity index is 1.18. The molecule has 1 spiro atoms. The van der Waals surface area contributed by atoms with Crippen LogP contribution in [-0.2, 0) is 11.3 Å². The van der Waals surface area contributed by atoms with E-state index >= 15 is 0 Å². The molecule has 210 valence electrons. The first kappa shape index (κ1) is 27.8. The number of ether oxygens (including phenoxy) is 1. The number of amides is 2. The standard InChI is InChI=1S/C32H39N5O3/c1-23-29(24(2)34-22-33-23)30(38)35-28(26-7-5-4-6-8-26)13-17-36-18-14-32(15-19-36)16-20-37(31(32)39)21-25-9-11-27(40-3)12-10-25/h4-12,22,28H,13-21H2,1-3H3,(H,35,38)/t28-/m0/s1. The van der Waals surface area contributed by atoms with Crippen LogP contribution in [0.3, 0.4) is 0 Å². The summed E-state index contributed by atoms with van der Waals surface area (Å²) in [6.07, 6.45) is 4.97. The molecule has 8 heteroatoms. The van der Waals surface area contributed by atoms with Crippen molar-refractivity contribution >= 4 is 11.8 Å². The Kier molecular flexibility index (Phi) is 8.45. The summed E-state index contributed by atoms with van der Waals surface area (Å²) in [5, 5.41) is 3.25. The summed E-state index contributed by atoms with van der Waals surface area (Å²) in [7, 11) is 1.66. The lowest BCUT2D eigenvalue weighted by Gasteiger charge is -2.38. The SMILES string of the molecule is COc1ccc(CN2CCC3(CCN(CC[C@H](NC(=O)c4c(C)ncnc4C)c4ccccc4)CC3)C2=O)cc1. The average Bonchev–Trinajstić information content (AvgIpc) is 3.26. The highest BCUT2D eigenvalue weighted by Crippen LogP contribution is 2.42. The van der Waals surface area contributed by atoms with Gasteiger partial charge in [-0.1, -0.05) is 42.5 Å². The first-order chi connectivity index (χ1) is 19.4. The second-order valence-electron chi connectivity index (χ2n) is 11.1. The van der Waals surface area contributed by atoms with Crippen molar-refractivity contribution in [3.63, 3.8) is 0 Å². The number of aromatic nitrogens is 2. The van der Waals surface area contributed by atoms with Gasteiger partial charge in [0.15, 0.2) is 0 Å². The van der Waals surface area contributed by atoms with Gasteiger partial charge in [0.2, 0.25) is 5.91 Å². The molecule has 1 atom stereocenters. The maximum absolute atomic E-state index is 13.5. The molecule has 0 saturated carbocycles. The van der Waals surface area contributed by atoms with Crippen molar-refractivity contribution in [2.75, 3.05) is 33.3 Å². The second kappa shape index (κ2) is 12.2. The number of rotatable bonds is 9. The zero-order valence-corrected chi connectivity index (χ0v) is 23.7. The Morgan fingerprint density at radius 2 is 1.62 bits per heavy atom. The first-order valence-electron chi connectivity index (χ1n) is 14.2. The molecular weight excluding hydrogens is 502 g/mol. The predicted molar refractivity (Wildman–Crippen MR) is 154 cm³/mol. The topological polar surface area (TPSA) is 87.7 Å². The van der Waals surface area contributed by atoms with E-state index < -0.39 is 0 Å². The van der Waals surface area contributed by atoms with Crippen LogP contribution in [0, 0.1) is 19.3 Å². The van der Waals surface area contributed by atoms with Crippen molar-refractivity contribution in [3.8, 4) is 5.75 Å². The Hall–Kier alpha value is -3.78. The maximum atomic E-state index is 13.5. The number of piperidine rings is 1. The van der Waals surface area contributed by atoms with Gasteiger partial charge in [-0.3, -0.25) is 9.59 Å². The van der Waals surface area contributed by atoms with Crippen LogP contribution in [0.25, 0.3) is 0 Å². The number of nitrogens with zero attached hydrogens (tertiary/aromatic N) is 4. The fraction of sp³-hybridized carbons (Fsp3) is 0.438. The number of hydrogen-bond donors (Lipinski definition) is 1. The lowest BCUT2D eigenvalue weighted by Crippen LogP contribution is -2.45. The summed E-state index contributed by atoms with van der Waals surface area (Å²) in [5.41, 5.74) is 3.88. The van der Waals surface area contributed by atoms with Crippen LogP contribution in [0.5, 0.6) is 5.75 Å². The summed E-state index contributed by atoms with van der Waals surface area (Å²) >= 11 is 0. The van der Waals surface area contributed by atoms with Gasteiger partial charge in [0.1, 0.15) is 12.1 Å². The molecule has 1 aromatic heterocycles. The van der Waals surface area contributed by atoms with Gasteiger partial charge in [-0.15, -0.1) is 0 Å². The summed E-state index contributed by atoms with van der Waals surface area (Å²) in [5.74, 6) is 0.984. The molecule has 40 heavy (non-hydrogen) atoms. The summed E-state index contributed by atoms with van der Waals surface area (Å²) < 4.78 is 5.26. The third-order valence-corrected chi connectivity index (χ3v) is 8.64. The number of likely N-dealkylation sites (tertiary alicyclic amines) is 2. The lowest BCUT2D eigenvalue weighted by atomic mass is 9.77. The molecule has 0 unspecified atom stereocenters. The van der Waals surface area contributed by atoms with Gasteiger partial charge in [0.25, 0.3) is 5.91 Å².